The van der Waals surface area contributed by atoms with Crippen LogP contribution in [0.2, 0.25) is 0 Å². The van der Waals surface area contributed by atoms with E-state index >= 15 is 0 Å². The Balaban J connectivity index is 1.56. The maximum Gasteiger partial charge on any atom is 0.308 e. The van der Waals surface area contributed by atoms with E-state index in [0.29, 0.717) is 12.1 Å². The van der Waals surface area contributed by atoms with Gasteiger partial charge in [-0.1, -0.05) is 54.6 Å². The second kappa shape index (κ2) is 9.69. The summed E-state index contributed by atoms with van der Waals surface area (Å²) in [4.78, 5) is 35.0. The molecule has 0 saturated heterocycles. The lowest BCUT2D eigenvalue weighted by molar-refractivity contribution is -0.141. The first-order valence-corrected chi connectivity index (χ1v) is 9.74. The van der Waals surface area contributed by atoms with Crippen molar-refractivity contribution in [1.29, 1.82) is 0 Å². The lowest BCUT2D eigenvalue weighted by Crippen LogP contribution is -2.34. The summed E-state index contributed by atoms with van der Waals surface area (Å²) in [6.45, 7) is 1.49. The Kier molecular flexibility index (Phi) is 6.80. The normalized spacial score (nSPS) is 11.6. The van der Waals surface area contributed by atoms with Crippen molar-refractivity contribution in [3.63, 3.8) is 0 Å². The van der Waals surface area contributed by atoms with Gasteiger partial charge >= 0.3 is 5.97 Å². The van der Waals surface area contributed by atoms with Gasteiger partial charge in [0, 0.05) is 19.2 Å². The maximum atomic E-state index is 12.3. The first kappa shape index (κ1) is 21.0. The molecule has 3 N–H and O–H groups in total. The van der Waals surface area contributed by atoms with Crippen LogP contribution in [0.15, 0.2) is 66.7 Å². The average molecular weight is 404 g/mol. The third-order valence-corrected chi connectivity index (χ3v) is 4.83. The number of carboxylic acids is 1. The summed E-state index contributed by atoms with van der Waals surface area (Å²) >= 11 is 0. The van der Waals surface area contributed by atoms with Gasteiger partial charge in [0.1, 0.15) is 0 Å². The molecule has 3 rings (SSSR count). The van der Waals surface area contributed by atoms with Crippen LogP contribution in [0.3, 0.4) is 0 Å². The number of amides is 2. The molecule has 3 aromatic carbocycles. The summed E-state index contributed by atoms with van der Waals surface area (Å²) in [5, 5.41) is 17.1. The van der Waals surface area contributed by atoms with E-state index in [2.05, 4.69) is 10.6 Å². The molecule has 0 heterocycles. The maximum absolute atomic E-state index is 12.3. The first-order valence-electron chi connectivity index (χ1n) is 9.74. The van der Waals surface area contributed by atoms with Gasteiger partial charge in [-0.2, -0.15) is 0 Å². The van der Waals surface area contributed by atoms with Crippen LogP contribution in [0.4, 0.5) is 5.69 Å². The molecule has 154 valence electrons. The zero-order valence-electron chi connectivity index (χ0n) is 16.7. The van der Waals surface area contributed by atoms with Crippen LogP contribution in [-0.4, -0.2) is 29.4 Å². The number of nitrogens with one attached hydrogen (secondary N) is 2. The fourth-order valence-corrected chi connectivity index (χ4v) is 3.29. The second-order valence-electron chi connectivity index (χ2n) is 7.28. The molecule has 0 saturated carbocycles. The summed E-state index contributed by atoms with van der Waals surface area (Å²) in [6.07, 6.45) is 0.481. The van der Waals surface area contributed by atoms with Crippen molar-refractivity contribution in [2.45, 2.75) is 19.8 Å². The quantitative estimate of drug-likeness (QED) is 0.536. The highest BCUT2D eigenvalue weighted by atomic mass is 16.4. The molecule has 0 aliphatic heterocycles. The van der Waals surface area contributed by atoms with Gasteiger partial charge in [-0.15, -0.1) is 0 Å². The SMILES string of the molecule is CC(=O)Nc1ccc(CC(=O)NC[C@H](Cc2ccc3ccccc3c2)C(=O)O)cc1. The van der Waals surface area contributed by atoms with Gasteiger partial charge in [0.15, 0.2) is 0 Å². The van der Waals surface area contributed by atoms with Crippen molar-refractivity contribution in [2.24, 2.45) is 5.92 Å². The predicted octanol–water partition coefficient (Wildman–Crippen LogP) is 3.40. The van der Waals surface area contributed by atoms with Gasteiger partial charge in [-0.25, -0.2) is 0 Å². The molecule has 0 aliphatic carbocycles. The summed E-state index contributed by atoms with van der Waals surface area (Å²) in [7, 11) is 0. The van der Waals surface area contributed by atoms with Crippen molar-refractivity contribution < 1.29 is 19.5 Å². The van der Waals surface area contributed by atoms with E-state index in [1.165, 1.54) is 6.92 Å². The van der Waals surface area contributed by atoms with Gasteiger partial charge in [0.2, 0.25) is 11.8 Å². The Morgan fingerprint density at radius 1 is 0.900 bits per heavy atom. The second-order valence-corrected chi connectivity index (χ2v) is 7.28. The van der Waals surface area contributed by atoms with E-state index in [0.717, 1.165) is 21.9 Å². The molecule has 3 aromatic rings. The molecule has 0 unspecified atom stereocenters. The molecule has 0 bridgehead atoms. The third-order valence-electron chi connectivity index (χ3n) is 4.83. The van der Waals surface area contributed by atoms with E-state index < -0.39 is 11.9 Å². The zero-order chi connectivity index (χ0) is 21.5. The molecule has 0 radical (unpaired) electrons. The number of hydrogen-bond acceptors (Lipinski definition) is 3. The van der Waals surface area contributed by atoms with Crippen LogP contribution in [0.1, 0.15) is 18.1 Å². The molecule has 0 aliphatic rings. The highest BCUT2D eigenvalue weighted by Gasteiger charge is 2.19. The number of fused-ring (bicyclic) bond motifs is 1. The molecule has 6 nitrogen and oxygen atoms in total. The Morgan fingerprint density at radius 3 is 2.23 bits per heavy atom. The highest BCUT2D eigenvalue weighted by molar-refractivity contribution is 5.88. The van der Waals surface area contributed by atoms with E-state index in [1.54, 1.807) is 24.3 Å². The Morgan fingerprint density at radius 2 is 1.57 bits per heavy atom. The fourth-order valence-electron chi connectivity index (χ4n) is 3.29. The van der Waals surface area contributed by atoms with Crippen LogP contribution < -0.4 is 10.6 Å². The van der Waals surface area contributed by atoms with Gasteiger partial charge in [0.25, 0.3) is 0 Å². The Hall–Kier alpha value is -3.67. The molecular weight excluding hydrogens is 380 g/mol. The molecule has 0 spiro atoms. The van der Waals surface area contributed by atoms with Crippen LogP contribution >= 0.6 is 0 Å². The topological polar surface area (TPSA) is 95.5 Å². The zero-order valence-corrected chi connectivity index (χ0v) is 16.7. The van der Waals surface area contributed by atoms with Crippen molar-refractivity contribution in [2.75, 3.05) is 11.9 Å². The number of benzene rings is 3. The summed E-state index contributed by atoms with van der Waals surface area (Å²) in [6, 6.07) is 20.8. The molecule has 30 heavy (non-hydrogen) atoms. The van der Waals surface area contributed by atoms with Crippen molar-refractivity contribution in [3.8, 4) is 0 Å². The number of rotatable bonds is 8. The standard InChI is InChI=1S/C24H24N2O4/c1-16(27)26-22-10-7-17(8-11-22)14-23(28)25-15-21(24(29)30)13-18-6-9-19-4-2-3-5-20(19)12-18/h2-12,21H,13-15H2,1H3,(H,25,28)(H,26,27)(H,29,30)/t21-/m0/s1. The number of hydrogen-bond donors (Lipinski definition) is 3. The van der Waals surface area contributed by atoms with E-state index in [4.69, 9.17) is 0 Å². The first-order chi connectivity index (χ1) is 14.4. The minimum absolute atomic E-state index is 0.0605. The number of carboxylic acid groups (broad SMARTS) is 1. The average Bonchev–Trinajstić information content (AvgIpc) is 2.72. The fraction of sp³-hybridized carbons (Fsp3) is 0.208. The number of carbonyl (C=O) groups excluding carboxylic acids is 2. The van der Waals surface area contributed by atoms with Crippen molar-refractivity contribution in [1.82, 2.24) is 5.32 Å². The van der Waals surface area contributed by atoms with Crippen molar-refractivity contribution >= 4 is 34.2 Å². The number of carbonyl (C=O) groups is 3. The van der Waals surface area contributed by atoms with Crippen molar-refractivity contribution in [3.05, 3.63) is 77.9 Å². The molecule has 2 amide bonds. The van der Waals surface area contributed by atoms with Crippen LogP contribution in [0.5, 0.6) is 0 Å². The van der Waals surface area contributed by atoms with E-state index in [9.17, 15) is 19.5 Å². The van der Waals surface area contributed by atoms with Crippen LogP contribution in [0.25, 0.3) is 10.8 Å². The third kappa shape index (κ3) is 5.91. The number of aliphatic carboxylic acids is 1. The van der Waals surface area contributed by atoms with Gasteiger partial charge in [-0.05, 0) is 40.5 Å². The molecular formula is C24H24N2O4. The van der Waals surface area contributed by atoms with Gasteiger partial charge < -0.3 is 15.7 Å². The molecule has 6 heteroatoms. The van der Waals surface area contributed by atoms with E-state index in [1.807, 2.05) is 42.5 Å². The summed E-state index contributed by atoms with van der Waals surface area (Å²) in [5.74, 6) is -2.06. The Bertz CT molecular complexity index is 1060. The monoisotopic (exact) mass is 404 g/mol. The minimum atomic E-state index is -0.942. The van der Waals surface area contributed by atoms with Gasteiger partial charge in [-0.3, -0.25) is 14.4 Å². The van der Waals surface area contributed by atoms with E-state index in [-0.39, 0.29) is 24.8 Å². The minimum Gasteiger partial charge on any atom is -0.481 e. The molecule has 0 fully saturated rings. The lowest BCUT2D eigenvalue weighted by Gasteiger charge is -2.14. The molecule has 0 aromatic heterocycles. The smallest absolute Gasteiger partial charge is 0.308 e. The largest absolute Gasteiger partial charge is 0.481 e. The Labute approximate surface area is 174 Å². The molecule has 1 atom stereocenters. The summed E-state index contributed by atoms with van der Waals surface area (Å²) < 4.78 is 0. The number of anilines is 1. The highest BCUT2D eigenvalue weighted by Crippen LogP contribution is 2.18. The summed E-state index contributed by atoms with van der Waals surface area (Å²) in [5.41, 5.74) is 2.36. The predicted molar refractivity (Wildman–Crippen MR) is 116 cm³/mol. The van der Waals surface area contributed by atoms with Gasteiger partial charge in [0.05, 0.1) is 12.3 Å². The van der Waals surface area contributed by atoms with Crippen LogP contribution in [-0.2, 0) is 27.2 Å². The van der Waals surface area contributed by atoms with Crippen LogP contribution in [0, 0.1) is 5.92 Å². The lowest BCUT2D eigenvalue weighted by atomic mass is 9.97.